The lowest BCUT2D eigenvalue weighted by Gasteiger charge is -2.26. The number of carbonyl (C=O) groups is 1. The first-order valence-electron chi connectivity index (χ1n) is 6.33. The van der Waals surface area contributed by atoms with Gasteiger partial charge in [0.05, 0.1) is 18.1 Å². The second kappa shape index (κ2) is 4.78. The zero-order valence-electron chi connectivity index (χ0n) is 9.91. The van der Waals surface area contributed by atoms with Crippen molar-refractivity contribution >= 4 is 17.2 Å². The van der Waals surface area contributed by atoms with E-state index in [4.69, 9.17) is 4.74 Å². The highest BCUT2D eigenvalue weighted by molar-refractivity contribution is 7.14. The van der Waals surface area contributed by atoms with Crippen LogP contribution in [0.15, 0.2) is 6.07 Å². The molecule has 92 valence electrons. The summed E-state index contributed by atoms with van der Waals surface area (Å²) >= 11 is 1.71. The monoisotopic (exact) mass is 251 g/mol. The second-order valence-electron chi connectivity index (χ2n) is 4.67. The summed E-state index contributed by atoms with van der Waals surface area (Å²) in [5.74, 6) is 0.202. The van der Waals surface area contributed by atoms with Gasteiger partial charge in [-0.2, -0.15) is 0 Å². The fraction of sp³-hybridized carbons (Fsp3) is 0.615. The number of carbonyl (C=O) groups excluding carboxylic acids is 1. The molecule has 1 amide bonds. The predicted molar refractivity (Wildman–Crippen MR) is 67.7 cm³/mol. The Morgan fingerprint density at radius 2 is 2.00 bits per heavy atom. The summed E-state index contributed by atoms with van der Waals surface area (Å²) in [6.45, 7) is 2.83. The van der Waals surface area contributed by atoms with Crippen molar-refractivity contribution in [1.82, 2.24) is 4.90 Å². The first-order valence-corrected chi connectivity index (χ1v) is 7.15. The number of thiophene rings is 1. The van der Waals surface area contributed by atoms with Gasteiger partial charge in [0.1, 0.15) is 0 Å². The highest BCUT2D eigenvalue weighted by atomic mass is 32.1. The van der Waals surface area contributed by atoms with Crippen LogP contribution in [0.3, 0.4) is 0 Å². The molecule has 2 aliphatic rings. The highest BCUT2D eigenvalue weighted by Gasteiger charge is 2.22. The zero-order chi connectivity index (χ0) is 11.7. The van der Waals surface area contributed by atoms with E-state index in [9.17, 15) is 4.79 Å². The van der Waals surface area contributed by atoms with E-state index in [2.05, 4.69) is 6.07 Å². The van der Waals surface area contributed by atoms with Crippen LogP contribution in [0.2, 0.25) is 0 Å². The normalized spacial score (nSPS) is 20.1. The van der Waals surface area contributed by atoms with Gasteiger partial charge in [0.2, 0.25) is 0 Å². The molecule has 1 aromatic rings. The number of rotatable bonds is 1. The number of morpholine rings is 1. The summed E-state index contributed by atoms with van der Waals surface area (Å²) < 4.78 is 5.28. The maximum absolute atomic E-state index is 12.3. The molecule has 17 heavy (non-hydrogen) atoms. The molecule has 3 nitrogen and oxygen atoms in total. The average molecular weight is 251 g/mol. The number of nitrogens with zero attached hydrogens (tertiary/aromatic N) is 1. The Hall–Kier alpha value is -0.870. The van der Waals surface area contributed by atoms with Crippen molar-refractivity contribution in [2.24, 2.45) is 0 Å². The highest BCUT2D eigenvalue weighted by Crippen LogP contribution is 2.30. The van der Waals surface area contributed by atoms with E-state index in [-0.39, 0.29) is 5.91 Å². The molecule has 0 atom stereocenters. The van der Waals surface area contributed by atoms with E-state index in [0.29, 0.717) is 13.2 Å². The van der Waals surface area contributed by atoms with Crippen molar-refractivity contribution in [3.05, 3.63) is 21.4 Å². The van der Waals surface area contributed by atoms with Gasteiger partial charge in [-0.05, 0) is 37.3 Å². The van der Waals surface area contributed by atoms with Crippen molar-refractivity contribution in [3.8, 4) is 0 Å². The minimum absolute atomic E-state index is 0.202. The number of hydrogen-bond acceptors (Lipinski definition) is 3. The van der Waals surface area contributed by atoms with Gasteiger partial charge < -0.3 is 9.64 Å². The van der Waals surface area contributed by atoms with Crippen molar-refractivity contribution in [2.45, 2.75) is 25.7 Å². The lowest BCUT2D eigenvalue weighted by atomic mass is 9.99. The van der Waals surface area contributed by atoms with Crippen LogP contribution in [0.25, 0.3) is 0 Å². The Morgan fingerprint density at radius 3 is 2.76 bits per heavy atom. The Morgan fingerprint density at radius 1 is 1.24 bits per heavy atom. The topological polar surface area (TPSA) is 29.5 Å². The summed E-state index contributed by atoms with van der Waals surface area (Å²) in [5, 5.41) is 0. The van der Waals surface area contributed by atoms with Gasteiger partial charge >= 0.3 is 0 Å². The molecule has 1 saturated heterocycles. The van der Waals surface area contributed by atoms with Crippen LogP contribution in [0.4, 0.5) is 0 Å². The smallest absolute Gasteiger partial charge is 0.264 e. The molecular weight excluding hydrogens is 234 g/mol. The SMILES string of the molecule is O=C(c1cc2c(s1)CCCC2)N1CCOCC1. The van der Waals surface area contributed by atoms with Gasteiger partial charge in [0.15, 0.2) is 0 Å². The molecule has 3 rings (SSSR count). The second-order valence-corrected chi connectivity index (χ2v) is 5.81. The molecule has 1 aliphatic heterocycles. The quantitative estimate of drug-likeness (QED) is 0.765. The van der Waals surface area contributed by atoms with Crippen molar-refractivity contribution in [3.63, 3.8) is 0 Å². The van der Waals surface area contributed by atoms with Crippen molar-refractivity contribution in [1.29, 1.82) is 0 Å². The minimum Gasteiger partial charge on any atom is -0.378 e. The third kappa shape index (κ3) is 2.24. The van der Waals surface area contributed by atoms with Gasteiger partial charge in [0, 0.05) is 18.0 Å². The summed E-state index contributed by atoms with van der Waals surface area (Å²) in [5.41, 5.74) is 1.41. The molecule has 0 N–H and O–H groups in total. The molecular formula is C13H17NO2S. The summed E-state index contributed by atoms with van der Waals surface area (Å²) in [4.78, 5) is 16.6. The third-order valence-corrected chi connectivity index (χ3v) is 4.73. The minimum atomic E-state index is 0.202. The van der Waals surface area contributed by atoms with Gasteiger partial charge in [0.25, 0.3) is 5.91 Å². The number of aryl methyl sites for hydroxylation is 2. The Kier molecular flexibility index (Phi) is 3.16. The maximum Gasteiger partial charge on any atom is 0.264 e. The maximum atomic E-state index is 12.3. The Labute approximate surface area is 105 Å². The number of fused-ring (bicyclic) bond motifs is 1. The van der Waals surface area contributed by atoms with Gasteiger partial charge in [-0.15, -0.1) is 11.3 Å². The molecule has 1 aromatic heterocycles. The van der Waals surface area contributed by atoms with Crippen LogP contribution in [0.5, 0.6) is 0 Å². The molecule has 2 heterocycles. The number of amides is 1. The van der Waals surface area contributed by atoms with Gasteiger partial charge in [-0.3, -0.25) is 4.79 Å². The van der Waals surface area contributed by atoms with Crippen LogP contribution >= 0.6 is 11.3 Å². The van der Waals surface area contributed by atoms with E-state index in [1.54, 1.807) is 11.3 Å². The molecule has 0 spiro atoms. The van der Waals surface area contributed by atoms with Gasteiger partial charge in [-0.25, -0.2) is 0 Å². The molecule has 0 unspecified atom stereocenters. The Bertz CT molecular complexity index is 398. The summed E-state index contributed by atoms with van der Waals surface area (Å²) in [6, 6.07) is 2.12. The molecule has 1 fully saturated rings. The molecule has 0 aromatic carbocycles. The largest absolute Gasteiger partial charge is 0.378 e. The third-order valence-electron chi connectivity index (χ3n) is 3.51. The fourth-order valence-corrected chi connectivity index (χ4v) is 3.74. The lowest BCUT2D eigenvalue weighted by molar-refractivity contribution is 0.0306. The van der Waals surface area contributed by atoms with E-state index in [1.807, 2.05) is 4.90 Å². The molecule has 0 saturated carbocycles. The van der Waals surface area contributed by atoms with Crippen molar-refractivity contribution < 1.29 is 9.53 Å². The molecule has 4 heteroatoms. The van der Waals surface area contributed by atoms with Crippen LogP contribution in [0.1, 0.15) is 33.0 Å². The molecule has 0 radical (unpaired) electrons. The van der Waals surface area contributed by atoms with E-state index in [1.165, 1.54) is 23.3 Å². The Balaban J connectivity index is 1.78. The van der Waals surface area contributed by atoms with Crippen LogP contribution in [-0.2, 0) is 17.6 Å². The first-order chi connectivity index (χ1) is 8.34. The average Bonchev–Trinajstić information content (AvgIpc) is 2.82. The molecule has 0 bridgehead atoms. The first kappa shape index (κ1) is 11.2. The van der Waals surface area contributed by atoms with Crippen LogP contribution in [-0.4, -0.2) is 37.1 Å². The van der Waals surface area contributed by atoms with Crippen LogP contribution < -0.4 is 0 Å². The van der Waals surface area contributed by atoms with E-state index < -0.39 is 0 Å². The van der Waals surface area contributed by atoms with E-state index >= 15 is 0 Å². The summed E-state index contributed by atoms with van der Waals surface area (Å²) in [6.07, 6.45) is 4.87. The molecule has 1 aliphatic carbocycles. The zero-order valence-corrected chi connectivity index (χ0v) is 10.7. The lowest BCUT2D eigenvalue weighted by Crippen LogP contribution is -2.40. The summed E-state index contributed by atoms with van der Waals surface area (Å²) in [7, 11) is 0. The predicted octanol–water partition coefficient (Wildman–Crippen LogP) is 2.10. The van der Waals surface area contributed by atoms with Gasteiger partial charge in [-0.1, -0.05) is 0 Å². The van der Waals surface area contributed by atoms with Crippen molar-refractivity contribution in [2.75, 3.05) is 26.3 Å². The fourth-order valence-electron chi connectivity index (χ4n) is 2.52. The number of hydrogen-bond donors (Lipinski definition) is 0. The number of ether oxygens (including phenoxy) is 1. The van der Waals surface area contributed by atoms with Crippen LogP contribution in [0, 0.1) is 0 Å². The van der Waals surface area contributed by atoms with E-state index in [0.717, 1.165) is 30.8 Å². The standard InChI is InChI=1S/C13H17NO2S/c15-13(14-5-7-16-8-6-14)12-9-10-3-1-2-4-11(10)17-12/h9H,1-8H2.